The van der Waals surface area contributed by atoms with Crippen LogP contribution in [-0.4, -0.2) is 23.9 Å². The molecule has 0 spiro atoms. The smallest absolute Gasteiger partial charge is 0.124 e. The van der Waals surface area contributed by atoms with Crippen LogP contribution in [0.3, 0.4) is 0 Å². The minimum absolute atomic E-state index is 0.0999. The number of nitrogens with one attached hydrogen (secondary N) is 1. The van der Waals surface area contributed by atoms with Gasteiger partial charge in [0.05, 0.1) is 6.61 Å². The third-order valence-electron chi connectivity index (χ3n) is 2.48. The molecule has 0 aliphatic carbocycles. The van der Waals surface area contributed by atoms with Crippen LogP contribution in [0.4, 0.5) is 0 Å². The first-order chi connectivity index (χ1) is 8.09. The molecule has 17 heavy (non-hydrogen) atoms. The lowest BCUT2D eigenvalue weighted by Crippen LogP contribution is -2.42. The zero-order valence-corrected chi connectivity index (χ0v) is 10.6. The van der Waals surface area contributed by atoms with Crippen LogP contribution in [0.2, 0.25) is 0 Å². The number of para-hydroxylation sites is 1. The zero-order valence-electron chi connectivity index (χ0n) is 10.6. The van der Waals surface area contributed by atoms with Gasteiger partial charge in [0.1, 0.15) is 12.4 Å². The first kappa shape index (κ1) is 13.7. The quantitative estimate of drug-likeness (QED) is 0.711. The maximum Gasteiger partial charge on any atom is 0.124 e. The van der Waals surface area contributed by atoms with Crippen LogP contribution in [0.1, 0.15) is 19.4 Å². The van der Waals surface area contributed by atoms with Crippen molar-refractivity contribution in [2.24, 2.45) is 0 Å². The summed E-state index contributed by atoms with van der Waals surface area (Å²) in [5.74, 6) is 0.855. The Bertz CT molecular complexity index is 361. The van der Waals surface area contributed by atoms with Gasteiger partial charge in [0.15, 0.2) is 0 Å². The van der Waals surface area contributed by atoms with E-state index in [-0.39, 0.29) is 12.1 Å². The Morgan fingerprint density at radius 1 is 1.41 bits per heavy atom. The monoisotopic (exact) mass is 235 g/mol. The summed E-state index contributed by atoms with van der Waals surface area (Å²) in [5, 5.41) is 12.5. The van der Waals surface area contributed by atoms with Crippen LogP contribution in [0, 0.1) is 0 Å². The molecular weight excluding hydrogens is 214 g/mol. The van der Waals surface area contributed by atoms with Crippen LogP contribution in [0.5, 0.6) is 5.75 Å². The van der Waals surface area contributed by atoms with E-state index in [0.29, 0.717) is 13.2 Å². The van der Waals surface area contributed by atoms with Crippen LogP contribution in [0.15, 0.2) is 36.9 Å². The molecule has 3 nitrogen and oxygen atoms in total. The van der Waals surface area contributed by atoms with Crippen molar-refractivity contribution in [2.75, 3.05) is 13.2 Å². The van der Waals surface area contributed by atoms with E-state index in [2.05, 4.69) is 11.9 Å². The van der Waals surface area contributed by atoms with Crippen molar-refractivity contribution in [3.63, 3.8) is 0 Å². The van der Waals surface area contributed by atoms with Crippen molar-refractivity contribution in [3.05, 3.63) is 42.5 Å². The van der Waals surface area contributed by atoms with Crippen LogP contribution in [0.25, 0.3) is 0 Å². The fraction of sp³-hybridized carbons (Fsp3) is 0.429. The molecule has 3 heteroatoms. The second-order valence-electron chi connectivity index (χ2n) is 4.60. The number of benzene rings is 1. The topological polar surface area (TPSA) is 41.5 Å². The summed E-state index contributed by atoms with van der Waals surface area (Å²) in [6, 6.07) is 7.87. The maximum absolute atomic E-state index is 9.18. The molecule has 1 aromatic rings. The number of aliphatic hydroxyl groups is 1. The van der Waals surface area contributed by atoms with Gasteiger partial charge in [-0.2, -0.15) is 0 Å². The van der Waals surface area contributed by atoms with Crippen molar-refractivity contribution in [1.82, 2.24) is 5.32 Å². The number of rotatable bonds is 7. The van der Waals surface area contributed by atoms with Gasteiger partial charge in [-0.15, -0.1) is 0 Å². The second-order valence-corrected chi connectivity index (χ2v) is 4.60. The van der Waals surface area contributed by atoms with Crippen molar-refractivity contribution >= 4 is 0 Å². The number of aliphatic hydroxyl groups excluding tert-OH is 1. The Morgan fingerprint density at radius 2 is 2.12 bits per heavy atom. The molecule has 0 saturated heterocycles. The average molecular weight is 235 g/mol. The lowest BCUT2D eigenvalue weighted by atomic mass is 10.1. The van der Waals surface area contributed by atoms with Gasteiger partial charge in [-0.25, -0.2) is 0 Å². The number of ether oxygens (including phenoxy) is 1. The molecule has 1 aromatic carbocycles. The molecule has 0 aliphatic rings. The molecule has 1 rings (SSSR count). The summed E-state index contributed by atoms with van der Waals surface area (Å²) < 4.78 is 5.56. The first-order valence-corrected chi connectivity index (χ1v) is 5.76. The molecular formula is C14H21NO2. The minimum Gasteiger partial charge on any atom is -0.489 e. The van der Waals surface area contributed by atoms with Crippen molar-refractivity contribution < 1.29 is 9.84 Å². The van der Waals surface area contributed by atoms with Gasteiger partial charge in [0.2, 0.25) is 0 Å². The SMILES string of the molecule is C=CCOc1ccccc1CNC(C)(C)CO. The van der Waals surface area contributed by atoms with Crippen LogP contribution in [-0.2, 0) is 6.54 Å². The van der Waals surface area contributed by atoms with Gasteiger partial charge in [-0.3, -0.25) is 0 Å². The summed E-state index contributed by atoms with van der Waals surface area (Å²) >= 11 is 0. The molecule has 0 radical (unpaired) electrons. The molecule has 2 N–H and O–H groups in total. The van der Waals surface area contributed by atoms with Gasteiger partial charge in [-0.05, 0) is 19.9 Å². The van der Waals surface area contributed by atoms with Gasteiger partial charge in [0, 0.05) is 17.6 Å². The van der Waals surface area contributed by atoms with E-state index >= 15 is 0 Å². The molecule has 0 saturated carbocycles. The predicted octanol–water partition coefficient (Wildman–Crippen LogP) is 2.11. The van der Waals surface area contributed by atoms with Crippen molar-refractivity contribution in [1.29, 1.82) is 0 Å². The van der Waals surface area contributed by atoms with E-state index in [9.17, 15) is 5.11 Å². The Hall–Kier alpha value is -1.32. The highest BCUT2D eigenvalue weighted by molar-refractivity contribution is 5.33. The van der Waals surface area contributed by atoms with E-state index in [1.165, 1.54) is 0 Å². The first-order valence-electron chi connectivity index (χ1n) is 5.76. The van der Waals surface area contributed by atoms with E-state index in [1.807, 2.05) is 38.1 Å². The fourth-order valence-electron chi connectivity index (χ4n) is 1.33. The Labute approximate surface area is 103 Å². The summed E-state index contributed by atoms with van der Waals surface area (Å²) in [6.07, 6.45) is 1.72. The van der Waals surface area contributed by atoms with E-state index in [4.69, 9.17) is 4.74 Å². The molecule has 0 bridgehead atoms. The molecule has 0 amide bonds. The molecule has 0 aromatic heterocycles. The molecule has 0 aliphatic heterocycles. The molecule has 0 fully saturated rings. The minimum atomic E-state index is -0.286. The van der Waals surface area contributed by atoms with Crippen LogP contribution < -0.4 is 10.1 Å². The number of hydrogen-bond acceptors (Lipinski definition) is 3. The molecule has 94 valence electrons. The highest BCUT2D eigenvalue weighted by Gasteiger charge is 2.15. The van der Waals surface area contributed by atoms with Crippen molar-refractivity contribution in [3.8, 4) is 5.75 Å². The summed E-state index contributed by atoms with van der Waals surface area (Å²) in [4.78, 5) is 0. The third-order valence-corrected chi connectivity index (χ3v) is 2.48. The molecule has 0 unspecified atom stereocenters. The third kappa shape index (κ3) is 4.59. The fourth-order valence-corrected chi connectivity index (χ4v) is 1.33. The zero-order chi connectivity index (χ0) is 12.7. The Kier molecular flexibility index (Phi) is 5.19. The normalized spacial score (nSPS) is 11.2. The average Bonchev–Trinajstić information content (AvgIpc) is 2.35. The molecule has 0 atom stereocenters. The van der Waals surface area contributed by atoms with E-state index in [0.717, 1.165) is 11.3 Å². The molecule has 0 heterocycles. The highest BCUT2D eigenvalue weighted by atomic mass is 16.5. The summed E-state index contributed by atoms with van der Waals surface area (Å²) in [5.41, 5.74) is 0.793. The Morgan fingerprint density at radius 3 is 2.76 bits per heavy atom. The lowest BCUT2D eigenvalue weighted by molar-refractivity contribution is 0.187. The number of hydrogen-bond donors (Lipinski definition) is 2. The van der Waals surface area contributed by atoms with Gasteiger partial charge < -0.3 is 15.2 Å². The largest absolute Gasteiger partial charge is 0.489 e. The summed E-state index contributed by atoms with van der Waals surface area (Å²) in [6.45, 7) is 8.82. The van der Waals surface area contributed by atoms with Crippen molar-refractivity contribution in [2.45, 2.75) is 25.9 Å². The van der Waals surface area contributed by atoms with E-state index < -0.39 is 0 Å². The standard InChI is InChI=1S/C14H21NO2/c1-4-9-17-13-8-6-5-7-12(13)10-15-14(2,3)11-16/h4-8,15-16H,1,9-11H2,2-3H3. The van der Waals surface area contributed by atoms with Gasteiger partial charge in [0.25, 0.3) is 0 Å². The summed E-state index contributed by atoms with van der Waals surface area (Å²) in [7, 11) is 0. The predicted molar refractivity (Wildman–Crippen MR) is 70.1 cm³/mol. The second kappa shape index (κ2) is 6.42. The van der Waals surface area contributed by atoms with Gasteiger partial charge in [-0.1, -0.05) is 30.9 Å². The van der Waals surface area contributed by atoms with E-state index in [1.54, 1.807) is 6.08 Å². The highest BCUT2D eigenvalue weighted by Crippen LogP contribution is 2.18. The van der Waals surface area contributed by atoms with Gasteiger partial charge >= 0.3 is 0 Å². The lowest BCUT2D eigenvalue weighted by Gasteiger charge is -2.24. The van der Waals surface area contributed by atoms with Crippen LogP contribution >= 0.6 is 0 Å². The maximum atomic E-state index is 9.18. The Balaban J connectivity index is 2.66.